The zero-order valence-electron chi connectivity index (χ0n) is 20.9. The third-order valence-electron chi connectivity index (χ3n) is 8.56. The molecule has 5 rings (SSSR count). The van der Waals surface area contributed by atoms with Crippen molar-refractivity contribution < 1.29 is 9.18 Å². The van der Waals surface area contributed by atoms with Crippen molar-refractivity contribution in [2.75, 3.05) is 32.7 Å². The molecule has 3 heterocycles. The van der Waals surface area contributed by atoms with Crippen LogP contribution in [0.15, 0.2) is 24.5 Å². The van der Waals surface area contributed by atoms with Crippen LogP contribution in [0, 0.1) is 19.7 Å². The van der Waals surface area contributed by atoms with Crippen LogP contribution in [0.4, 0.5) is 4.39 Å². The second-order valence-corrected chi connectivity index (χ2v) is 10.6. The number of hydrogen-bond donors (Lipinski definition) is 0. The predicted octanol–water partition coefficient (Wildman–Crippen LogP) is 3.92. The number of carbonyl (C=O) groups excluding carboxylic acids is 1. The average molecular weight is 466 g/mol. The lowest BCUT2D eigenvalue weighted by atomic mass is 9.86. The van der Waals surface area contributed by atoms with Crippen molar-refractivity contribution in [3.8, 4) is 0 Å². The highest BCUT2D eigenvalue weighted by Gasteiger charge is 2.42. The van der Waals surface area contributed by atoms with E-state index in [0.29, 0.717) is 17.6 Å². The number of piperazine rings is 1. The summed E-state index contributed by atoms with van der Waals surface area (Å²) in [6.07, 6.45) is 5.58. The van der Waals surface area contributed by atoms with Gasteiger partial charge in [-0.05, 0) is 76.6 Å². The second kappa shape index (κ2) is 9.00. The molecule has 182 valence electrons. The van der Waals surface area contributed by atoms with E-state index in [1.165, 1.54) is 17.5 Å². The molecule has 1 amide bonds. The summed E-state index contributed by atoms with van der Waals surface area (Å²) in [5.41, 5.74) is 4.75. The Morgan fingerprint density at radius 1 is 1.09 bits per heavy atom. The summed E-state index contributed by atoms with van der Waals surface area (Å²) in [4.78, 5) is 28.9. The van der Waals surface area contributed by atoms with Gasteiger partial charge in [-0.2, -0.15) is 0 Å². The minimum atomic E-state index is -0.127. The van der Waals surface area contributed by atoms with Crippen molar-refractivity contribution in [1.82, 2.24) is 24.7 Å². The molecule has 2 saturated heterocycles. The Hall–Kier alpha value is -2.38. The van der Waals surface area contributed by atoms with Crippen LogP contribution >= 0.6 is 0 Å². The normalized spacial score (nSPS) is 25.4. The van der Waals surface area contributed by atoms with Gasteiger partial charge in [0.15, 0.2) is 0 Å². The summed E-state index contributed by atoms with van der Waals surface area (Å²) in [7, 11) is 0. The first kappa shape index (κ1) is 23.4. The molecule has 6 nitrogen and oxygen atoms in total. The van der Waals surface area contributed by atoms with Crippen LogP contribution in [-0.2, 0) is 6.42 Å². The van der Waals surface area contributed by atoms with Gasteiger partial charge in [-0.25, -0.2) is 14.4 Å². The third kappa shape index (κ3) is 4.13. The average Bonchev–Trinajstić information content (AvgIpc) is 3.22. The molecule has 0 spiro atoms. The number of aromatic nitrogens is 2. The number of hydrogen-bond acceptors (Lipinski definition) is 5. The first-order valence-corrected chi connectivity index (χ1v) is 12.6. The molecular weight excluding hydrogens is 429 g/mol. The van der Waals surface area contributed by atoms with Gasteiger partial charge in [0, 0.05) is 50.3 Å². The van der Waals surface area contributed by atoms with Gasteiger partial charge in [0.25, 0.3) is 5.91 Å². The molecule has 1 aromatic carbocycles. The zero-order valence-corrected chi connectivity index (χ0v) is 20.9. The molecule has 2 aliphatic heterocycles. The van der Waals surface area contributed by atoms with Crippen LogP contribution in [0.3, 0.4) is 0 Å². The minimum Gasteiger partial charge on any atom is -0.338 e. The van der Waals surface area contributed by atoms with Gasteiger partial charge in [-0.3, -0.25) is 14.6 Å². The first-order valence-electron chi connectivity index (χ1n) is 12.6. The number of benzene rings is 1. The highest BCUT2D eigenvalue weighted by atomic mass is 19.1. The number of aryl methyl sites for hydroxylation is 3. The Morgan fingerprint density at radius 3 is 2.47 bits per heavy atom. The topological polar surface area (TPSA) is 52.6 Å². The fourth-order valence-corrected chi connectivity index (χ4v) is 6.39. The summed E-state index contributed by atoms with van der Waals surface area (Å²) >= 11 is 0. The molecule has 2 aromatic rings. The van der Waals surface area contributed by atoms with Crippen LogP contribution in [0.5, 0.6) is 0 Å². The number of likely N-dealkylation sites (tertiary alicyclic amines) is 1. The highest BCUT2D eigenvalue weighted by Crippen LogP contribution is 2.39. The smallest absolute Gasteiger partial charge is 0.257 e. The van der Waals surface area contributed by atoms with Crippen molar-refractivity contribution in [3.63, 3.8) is 0 Å². The van der Waals surface area contributed by atoms with E-state index in [0.717, 1.165) is 69.8 Å². The molecule has 34 heavy (non-hydrogen) atoms. The molecule has 1 unspecified atom stereocenters. The number of rotatable bonds is 3. The molecule has 2 fully saturated rings. The van der Waals surface area contributed by atoms with Crippen molar-refractivity contribution >= 4 is 5.91 Å². The third-order valence-corrected chi connectivity index (χ3v) is 8.56. The zero-order chi connectivity index (χ0) is 24.0. The number of halogens is 1. The monoisotopic (exact) mass is 465 g/mol. The van der Waals surface area contributed by atoms with Crippen molar-refractivity contribution in [2.24, 2.45) is 0 Å². The lowest BCUT2D eigenvalue weighted by molar-refractivity contribution is -0.0298. The quantitative estimate of drug-likeness (QED) is 0.688. The molecular formula is C27H36FN5O. The number of nitrogens with zero attached hydrogens (tertiary/aromatic N) is 5. The van der Waals surface area contributed by atoms with Crippen LogP contribution in [0.2, 0.25) is 0 Å². The van der Waals surface area contributed by atoms with Crippen LogP contribution in [0.25, 0.3) is 0 Å². The van der Waals surface area contributed by atoms with E-state index in [2.05, 4.69) is 33.6 Å². The predicted molar refractivity (Wildman–Crippen MR) is 130 cm³/mol. The van der Waals surface area contributed by atoms with E-state index in [1.54, 1.807) is 12.1 Å². The van der Waals surface area contributed by atoms with Gasteiger partial charge in [0.2, 0.25) is 0 Å². The van der Waals surface area contributed by atoms with E-state index >= 15 is 0 Å². The standard InChI is InChI=1S/C27H36FN5O/c1-18-16-32(13-14-33(18)24-8-6-21-5-7-22(28)15-23(21)24)27(4)9-11-31(12-10-27)26(34)25-19(2)29-17-30-20(25)3/h5,7,15,17-18,24H,6,8-14,16H2,1-4H3/t18-,24?/m0/s1. The Balaban J connectivity index is 1.22. The van der Waals surface area contributed by atoms with Gasteiger partial charge < -0.3 is 4.90 Å². The molecule has 3 aliphatic rings. The summed E-state index contributed by atoms with van der Waals surface area (Å²) in [6.45, 7) is 13.0. The fourth-order valence-electron chi connectivity index (χ4n) is 6.39. The molecule has 7 heteroatoms. The van der Waals surface area contributed by atoms with Crippen LogP contribution < -0.4 is 0 Å². The van der Waals surface area contributed by atoms with Gasteiger partial charge in [-0.15, -0.1) is 0 Å². The van der Waals surface area contributed by atoms with Crippen LogP contribution in [-0.4, -0.2) is 74.9 Å². The number of amides is 1. The Kier molecular flexibility index (Phi) is 6.19. The fraction of sp³-hybridized carbons (Fsp3) is 0.593. The maximum atomic E-state index is 13.9. The lowest BCUT2D eigenvalue weighted by Crippen LogP contribution is -2.62. The summed E-state index contributed by atoms with van der Waals surface area (Å²) < 4.78 is 13.9. The van der Waals surface area contributed by atoms with E-state index in [1.807, 2.05) is 24.8 Å². The van der Waals surface area contributed by atoms with E-state index in [-0.39, 0.29) is 17.3 Å². The van der Waals surface area contributed by atoms with Crippen LogP contribution in [0.1, 0.15) is 72.0 Å². The number of carbonyl (C=O) groups is 1. The van der Waals surface area contributed by atoms with Gasteiger partial charge in [-0.1, -0.05) is 6.07 Å². The summed E-state index contributed by atoms with van der Waals surface area (Å²) in [5.74, 6) is -0.0684. The number of fused-ring (bicyclic) bond motifs is 1. The molecule has 0 N–H and O–H groups in total. The van der Waals surface area contributed by atoms with Crippen molar-refractivity contribution in [1.29, 1.82) is 0 Å². The molecule has 1 aromatic heterocycles. The van der Waals surface area contributed by atoms with Crippen molar-refractivity contribution in [3.05, 3.63) is 58.4 Å². The Bertz CT molecular complexity index is 1060. The molecule has 2 atom stereocenters. The molecule has 0 bridgehead atoms. The SMILES string of the molecule is Cc1ncnc(C)c1C(=O)N1CCC(C)(N2CCN(C3CCc4ccc(F)cc43)[C@@H](C)C2)CC1. The molecule has 0 radical (unpaired) electrons. The number of piperidine rings is 1. The highest BCUT2D eigenvalue weighted by molar-refractivity contribution is 5.96. The Morgan fingerprint density at radius 2 is 1.79 bits per heavy atom. The summed E-state index contributed by atoms with van der Waals surface area (Å²) in [6, 6.07) is 6.05. The summed E-state index contributed by atoms with van der Waals surface area (Å²) in [5, 5.41) is 0. The minimum absolute atomic E-state index is 0.0583. The maximum absolute atomic E-state index is 13.9. The first-order chi connectivity index (χ1) is 16.3. The van der Waals surface area contributed by atoms with Gasteiger partial charge >= 0.3 is 0 Å². The van der Waals surface area contributed by atoms with Crippen molar-refractivity contribution in [2.45, 2.75) is 71.0 Å². The van der Waals surface area contributed by atoms with E-state index < -0.39 is 0 Å². The van der Waals surface area contributed by atoms with E-state index in [9.17, 15) is 9.18 Å². The van der Waals surface area contributed by atoms with E-state index in [4.69, 9.17) is 0 Å². The van der Waals surface area contributed by atoms with Gasteiger partial charge in [0.05, 0.1) is 17.0 Å². The second-order valence-electron chi connectivity index (χ2n) is 10.6. The maximum Gasteiger partial charge on any atom is 0.257 e. The molecule has 0 saturated carbocycles. The molecule has 1 aliphatic carbocycles. The Labute approximate surface area is 202 Å². The van der Waals surface area contributed by atoms with Gasteiger partial charge in [0.1, 0.15) is 12.1 Å². The lowest BCUT2D eigenvalue weighted by Gasteiger charge is -2.52. The largest absolute Gasteiger partial charge is 0.338 e.